The monoisotopic (exact) mass is 255 g/mol. The summed E-state index contributed by atoms with van der Waals surface area (Å²) < 4.78 is 0. The molecule has 0 aromatic carbocycles. The molecule has 0 spiro atoms. The van der Waals surface area contributed by atoms with Crippen molar-refractivity contribution in [3.63, 3.8) is 0 Å². The Bertz CT molecular complexity index is 430. The average molecular weight is 255 g/mol. The van der Waals surface area contributed by atoms with Crippen molar-refractivity contribution >= 4 is 22.4 Å². The van der Waals surface area contributed by atoms with E-state index in [1.807, 2.05) is 0 Å². The van der Waals surface area contributed by atoms with Crippen LogP contribution < -0.4 is 4.90 Å². The van der Waals surface area contributed by atoms with Gasteiger partial charge in [-0.1, -0.05) is 11.3 Å². The lowest BCUT2D eigenvalue weighted by atomic mass is 10.0. The molecule has 0 atom stereocenters. The number of carbonyl (C=O) groups is 1. The standard InChI is InChI=1S/C11H17N3O2S/c1-11(2)7-14(5-4-13(11)3)10-12-6-8(17-10)9(15)16/h6H,4-5,7H2,1-3H3,(H,15,16). The van der Waals surface area contributed by atoms with Gasteiger partial charge in [0.05, 0.1) is 6.20 Å². The molecule has 0 amide bonds. The second-order valence-electron chi connectivity index (χ2n) is 4.97. The maximum atomic E-state index is 10.8. The second kappa shape index (κ2) is 4.27. The van der Waals surface area contributed by atoms with Gasteiger partial charge in [0, 0.05) is 25.2 Å². The van der Waals surface area contributed by atoms with Gasteiger partial charge in [0.25, 0.3) is 0 Å². The second-order valence-corrected chi connectivity index (χ2v) is 5.98. The number of likely N-dealkylation sites (N-methyl/N-ethyl adjacent to an activating group) is 1. The van der Waals surface area contributed by atoms with Crippen molar-refractivity contribution < 1.29 is 9.90 Å². The zero-order valence-electron chi connectivity index (χ0n) is 10.3. The van der Waals surface area contributed by atoms with Gasteiger partial charge in [-0.2, -0.15) is 0 Å². The Morgan fingerprint density at radius 3 is 2.76 bits per heavy atom. The largest absolute Gasteiger partial charge is 0.477 e. The van der Waals surface area contributed by atoms with E-state index in [2.05, 4.69) is 35.7 Å². The quantitative estimate of drug-likeness (QED) is 0.865. The minimum Gasteiger partial charge on any atom is -0.477 e. The first-order valence-corrected chi connectivity index (χ1v) is 6.37. The smallest absolute Gasteiger partial charge is 0.347 e. The molecule has 5 nitrogen and oxygen atoms in total. The summed E-state index contributed by atoms with van der Waals surface area (Å²) in [7, 11) is 2.11. The van der Waals surface area contributed by atoms with Gasteiger partial charge in [-0.15, -0.1) is 0 Å². The molecule has 0 bridgehead atoms. The number of carboxylic acid groups (broad SMARTS) is 1. The van der Waals surface area contributed by atoms with Crippen LogP contribution in [-0.4, -0.2) is 53.2 Å². The zero-order chi connectivity index (χ0) is 12.6. The Morgan fingerprint density at radius 2 is 2.24 bits per heavy atom. The highest BCUT2D eigenvalue weighted by Crippen LogP contribution is 2.27. The fourth-order valence-electron chi connectivity index (χ4n) is 1.91. The number of thiazole rings is 1. The van der Waals surface area contributed by atoms with Crippen LogP contribution in [0.25, 0.3) is 0 Å². The number of rotatable bonds is 2. The lowest BCUT2D eigenvalue weighted by Gasteiger charge is -2.45. The highest BCUT2D eigenvalue weighted by atomic mass is 32.1. The van der Waals surface area contributed by atoms with Crippen molar-refractivity contribution in [1.29, 1.82) is 0 Å². The molecule has 2 heterocycles. The molecule has 1 fully saturated rings. The number of hydrogen-bond acceptors (Lipinski definition) is 5. The molecule has 94 valence electrons. The van der Waals surface area contributed by atoms with Crippen LogP contribution in [-0.2, 0) is 0 Å². The van der Waals surface area contributed by atoms with Crippen LogP contribution in [0.2, 0.25) is 0 Å². The van der Waals surface area contributed by atoms with Crippen molar-refractivity contribution in [3.8, 4) is 0 Å². The Balaban J connectivity index is 2.15. The molecule has 17 heavy (non-hydrogen) atoms. The van der Waals surface area contributed by atoms with E-state index in [0.29, 0.717) is 4.88 Å². The van der Waals surface area contributed by atoms with Gasteiger partial charge in [-0.25, -0.2) is 9.78 Å². The summed E-state index contributed by atoms with van der Waals surface area (Å²) in [5, 5.41) is 9.69. The van der Waals surface area contributed by atoms with Gasteiger partial charge in [0.2, 0.25) is 0 Å². The third-order valence-electron chi connectivity index (χ3n) is 3.29. The zero-order valence-corrected chi connectivity index (χ0v) is 11.1. The Labute approximate surface area is 105 Å². The third kappa shape index (κ3) is 2.42. The molecule has 0 unspecified atom stereocenters. The predicted molar refractivity (Wildman–Crippen MR) is 68.0 cm³/mol. The fourth-order valence-corrected chi connectivity index (χ4v) is 2.69. The van der Waals surface area contributed by atoms with Crippen molar-refractivity contribution in [1.82, 2.24) is 9.88 Å². The molecule has 1 saturated heterocycles. The third-order valence-corrected chi connectivity index (χ3v) is 4.34. The number of carboxylic acids is 1. The minimum atomic E-state index is -0.901. The predicted octanol–water partition coefficient (Wildman–Crippen LogP) is 1.37. The molecule has 6 heteroatoms. The highest BCUT2D eigenvalue weighted by Gasteiger charge is 2.32. The van der Waals surface area contributed by atoms with Crippen molar-refractivity contribution in [2.45, 2.75) is 19.4 Å². The van der Waals surface area contributed by atoms with Gasteiger partial charge in [0.1, 0.15) is 4.88 Å². The van der Waals surface area contributed by atoms with Crippen LogP contribution in [0.5, 0.6) is 0 Å². The summed E-state index contributed by atoms with van der Waals surface area (Å²) >= 11 is 1.25. The van der Waals surface area contributed by atoms with Crippen LogP contribution in [0.1, 0.15) is 23.5 Å². The van der Waals surface area contributed by atoms with Gasteiger partial charge < -0.3 is 10.0 Å². The summed E-state index contributed by atoms with van der Waals surface area (Å²) in [4.78, 5) is 19.8. The van der Waals surface area contributed by atoms with Crippen LogP contribution in [0.4, 0.5) is 5.13 Å². The van der Waals surface area contributed by atoms with E-state index in [9.17, 15) is 4.79 Å². The lowest BCUT2D eigenvalue weighted by Crippen LogP contribution is -2.57. The van der Waals surface area contributed by atoms with Crippen LogP contribution >= 0.6 is 11.3 Å². The number of nitrogens with zero attached hydrogens (tertiary/aromatic N) is 3. The van der Waals surface area contributed by atoms with Gasteiger partial charge in [-0.3, -0.25) is 4.90 Å². The first-order valence-electron chi connectivity index (χ1n) is 5.55. The van der Waals surface area contributed by atoms with E-state index in [4.69, 9.17) is 5.11 Å². The molecular formula is C11H17N3O2S. The number of aromatic nitrogens is 1. The molecule has 1 N–H and O–H groups in total. The first-order chi connectivity index (χ1) is 7.90. The van der Waals surface area contributed by atoms with E-state index < -0.39 is 5.97 Å². The molecule has 1 aliphatic rings. The van der Waals surface area contributed by atoms with E-state index in [1.54, 1.807) is 0 Å². The number of anilines is 1. The van der Waals surface area contributed by atoms with Crippen molar-refractivity contribution in [2.24, 2.45) is 0 Å². The maximum absolute atomic E-state index is 10.8. The average Bonchev–Trinajstić information content (AvgIpc) is 2.71. The first kappa shape index (κ1) is 12.3. The Kier molecular flexibility index (Phi) is 3.09. The highest BCUT2D eigenvalue weighted by molar-refractivity contribution is 7.17. The van der Waals surface area contributed by atoms with Gasteiger partial charge >= 0.3 is 5.97 Å². The maximum Gasteiger partial charge on any atom is 0.347 e. The molecule has 1 aliphatic heterocycles. The van der Waals surface area contributed by atoms with Crippen molar-refractivity contribution in [3.05, 3.63) is 11.1 Å². The van der Waals surface area contributed by atoms with E-state index in [1.165, 1.54) is 17.5 Å². The van der Waals surface area contributed by atoms with E-state index >= 15 is 0 Å². The van der Waals surface area contributed by atoms with Crippen LogP contribution in [0.15, 0.2) is 6.20 Å². The van der Waals surface area contributed by atoms with Crippen LogP contribution in [0, 0.1) is 0 Å². The topological polar surface area (TPSA) is 56.7 Å². The SMILES string of the molecule is CN1CCN(c2ncc(C(=O)O)s2)CC1(C)C. The number of hydrogen-bond donors (Lipinski definition) is 1. The molecular weight excluding hydrogens is 238 g/mol. The lowest BCUT2D eigenvalue weighted by molar-refractivity contribution is 0.0702. The summed E-state index contributed by atoms with van der Waals surface area (Å²) in [6, 6.07) is 0. The molecule has 0 aliphatic carbocycles. The van der Waals surface area contributed by atoms with Gasteiger partial charge in [0.15, 0.2) is 5.13 Å². The number of aromatic carboxylic acids is 1. The summed E-state index contributed by atoms with van der Waals surface area (Å²) in [6.07, 6.45) is 1.44. The summed E-state index contributed by atoms with van der Waals surface area (Å²) in [5.41, 5.74) is 0.0906. The molecule has 2 rings (SSSR count). The molecule has 1 aromatic rings. The fraction of sp³-hybridized carbons (Fsp3) is 0.636. The summed E-state index contributed by atoms with van der Waals surface area (Å²) in [6.45, 7) is 7.10. The summed E-state index contributed by atoms with van der Waals surface area (Å²) in [5.74, 6) is -0.901. The van der Waals surface area contributed by atoms with Gasteiger partial charge in [-0.05, 0) is 20.9 Å². The molecule has 0 radical (unpaired) electrons. The van der Waals surface area contributed by atoms with E-state index in [0.717, 1.165) is 24.8 Å². The Morgan fingerprint density at radius 1 is 1.53 bits per heavy atom. The number of piperazine rings is 1. The van der Waals surface area contributed by atoms with E-state index in [-0.39, 0.29) is 5.54 Å². The normalized spacial score (nSPS) is 20.5. The molecule has 0 saturated carbocycles. The Hall–Kier alpha value is -1.14. The van der Waals surface area contributed by atoms with Crippen molar-refractivity contribution in [2.75, 3.05) is 31.6 Å². The minimum absolute atomic E-state index is 0.0906. The van der Waals surface area contributed by atoms with Crippen LogP contribution in [0.3, 0.4) is 0 Å². The molecule has 1 aromatic heterocycles.